The summed E-state index contributed by atoms with van der Waals surface area (Å²) in [7, 11) is 0. The highest BCUT2D eigenvalue weighted by molar-refractivity contribution is 5.80. The molecule has 3 aliphatic heterocycles. The highest BCUT2D eigenvalue weighted by Crippen LogP contribution is 2.38. The summed E-state index contributed by atoms with van der Waals surface area (Å²) >= 11 is 0. The number of amides is 2. The van der Waals surface area contributed by atoms with Gasteiger partial charge in [-0.15, -0.1) is 0 Å². The number of fused-ring (bicyclic) bond motifs is 1. The van der Waals surface area contributed by atoms with Crippen molar-refractivity contribution in [2.45, 2.75) is 76.0 Å². The number of hydrogen-bond acceptors (Lipinski definition) is 6. The number of hydrogen-bond donors (Lipinski definition) is 3. The molecule has 2 atom stereocenters. The van der Waals surface area contributed by atoms with Crippen LogP contribution in [0.4, 0.5) is 0 Å². The lowest BCUT2D eigenvalue weighted by atomic mass is 9.72. The largest absolute Gasteiger partial charge is 0.483 e. The number of aliphatic hydroxyl groups is 2. The smallest absolute Gasteiger partial charge is 0.257 e. The Kier molecular flexibility index (Phi) is 7.84. The molecule has 2 amide bonds. The van der Waals surface area contributed by atoms with Crippen molar-refractivity contribution in [1.29, 1.82) is 0 Å². The molecule has 2 saturated heterocycles. The number of aliphatic hydroxyl groups excluding tert-OH is 2. The maximum atomic E-state index is 13.2. The molecule has 5 rings (SSSR count). The van der Waals surface area contributed by atoms with Crippen LogP contribution in [0.3, 0.4) is 0 Å². The minimum absolute atomic E-state index is 0.0878. The van der Waals surface area contributed by atoms with Crippen LogP contribution in [0.5, 0.6) is 5.75 Å². The Bertz CT molecular complexity index is 920. The molecular weight excluding hydrogens is 458 g/mol. The Morgan fingerprint density at radius 3 is 2.50 bits per heavy atom. The zero-order valence-corrected chi connectivity index (χ0v) is 21.2. The molecule has 1 spiro atoms. The van der Waals surface area contributed by atoms with Crippen LogP contribution < -0.4 is 10.1 Å². The van der Waals surface area contributed by atoms with Crippen LogP contribution in [-0.2, 0) is 16.0 Å². The van der Waals surface area contributed by atoms with Crippen molar-refractivity contribution in [3.63, 3.8) is 0 Å². The SMILES string of the molecule is O=C1COc2ccccc2C[C@H](O)[C@H](O)CC2(CCN(C(=O)C3CN(C4CCCCC4)C3)CC2)CN1. The first kappa shape index (κ1) is 25.5. The van der Waals surface area contributed by atoms with Crippen molar-refractivity contribution in [1.82, 2.24) is 15.1 Å². The van der Waals surface area contributed by atoms with Gasteiger partial charge in [0.2, 0.25) is 5.91 Å². The number of carbonyl (C=O) groups is 2. The van der Waals surface area contributed by atoms with E-state index in [1.54, 1.807) is 6.07 Å². The van der Waals surface area contributed by atoms with E-state index < -0.39 is 12.2 Å². The molecule has 1 aromatic carbocycles. The van der Waals surface area contributed by atoms with Crippen LogP contribution >= 0.6 is 0 Å². The third-order valence-corrected chi connectivity index (χ3v) is 8.99. The van der Waals surface area contributed by atoms with Gasteiger partial charge < -0.3 is 25.2 Å². The van der Waals surface area contributed by atoms with Gasteiger partial charge in [0.1, 0.15) is 5.75 Å². The highest BCUT2D eigenvalue weighted by atomic mass is 16.5. The zero-order valence-electron chi connectivity index (χ0n) is 21.2. The molecule has 1 saturated carbocycles. The van der Waals surface area contributed by atoms with Crippen LogP contribution in [0.15, 0.2) is 24.3 Å². The summed E-state index contributed by atoms with van der Waals surface area (Å²) in [6, 6.07) is 7.98. The number of nitrogens with zero attached hydrogens (tertiary/aromatic N) is 2. The summed E-state index contributed by atoms with van der Waals surface area (Å²) < 4.78 is 5.72. The Hall–Kier alpha value is -2.16. The average molecular weight is 500 g/mol. The Labute approximate surface area is 214 Å². The third-order valence-electron chi connectivity index (χ3n) is 8.99. The second kappa shape index (κ2) is 11.1. The number of nitrogens with one attached hydrogen (secondary N) is 1. The van der Waals surface area contributed by atoms with Gasteiger partial charge in [0, 0.05) is 45.2 Å². The second-order valence-corrected chi connectivity index (χ2v) is 11.5. The predicted octanol–water partition coefficient (Wildman–Crippen LogP) is 1.72. The van der Waals surface area contributed by atoms with E-state index in [2.05, 4.69) is 10.2 Å². The van der Waals surface area contributed by atoms with Crippen molar-refractivity contribution < 1.29 is 24.5 Å². The maximum absolute atomic E-state index is 13.2. The summed E-state index contributed by atoms with van der Waals surface area (Å²) in [5.41, 5.74) is 0.411. The van der Waals surface area contributed by atoms with Gasteiger partial charge in [0.25, 0.3) is 5.91 Å². The lowest BCUT2D eigenvalue weighted by molar-refractivity contribution is -0.145. The van der Waals surface area contributed by atoms with Gasteiger partial charge in [-0.1, -0.05) is 37.5 Å². The zero-order chi connectivity index (χ0) is 25.1. The summed E-state index contributed by atoms with van der Waals surface area (Å²) in [5, 5.41) is 24.7. The van der Waals surface area contributed by atoms with Crippen LogP contribution in [0.2, 0.25) is 0 Å². The average Bonchev–Trinajstić information content (AvgIpc) is 2.86. The fourth-order valence-corrected chi connectivity index (χ4v) is 6.56. The topological polar surface area (TPSA) is 102 Å². The molecule has 0 aromatic heterocycles. The van der Waals surface area contributed by atoms with Gasteiger partial charge in [0.05, 0.1) is 18.1 Å². The molecule has 0 radical (unpaired) electrons. The third kappa shape index (κ3) is 5.71. The van der Waals surface area contributed by atoms with E-state index in [9.17, 15) is 19.8 Å². The molecule has 0 unspecified atom stereocenters. The van der Waals surface area contributed by atoms with Crippen molar-refractivity contribution in [3.8, 4) is 5.75 Å². The summed E-state index contributed by atoms with van der Waals surface area (Å²) in [5.74, 6) is 0.705. The Morgan fingerprint density at radius 1 is 1.03 bits per heavy atom. The molecule has 198 valence electrons. The quantitative estimate of drug-likeness (QED) is 0.573. The van der Waals surface area contributed by atoms with Crippen LogP contribution in [0.1, 0.15) is 56.9 Å². The van der Waals surface area contributed by atoms with Gasteiger partial charge in [-0.05, 0) is 49.1 Å². The summed E-state index contributed by atoms with van der Waals surface area (Å²) in [6.07, 6.45) is 6.68. The number of benzene rings is 1. The van der Waals surface area contributed by atoms with Gasteiger partial charge in [-0.3, -0.25) is 14.5 Å². The normalized spacial score (nSPS) is 28.7. The molecule has 3 N–H and O–H groups in total. The van der Waals surface area contributed by atoms with E-state index in [4.69, 9.17) is 4.74 Å². The summed E-state index contributed by atoms with van der Waals surface area (Å²) in [4.78, 5) is 30.2. The minimum Gasteiger partial charge on any atom is -0.483 e. The number of rotatable bonds is 2. The van der Waals surface area contributed by atoms with Crippen molar-refractivity contribution in [3.05, 3.63) is 29.8 Å². The van der Waals surface area contributed by atoms with E-state index >= 15 is 0 Å². The van der Waals surface area contributed by atoms with Crippen LogP contribution in [0.25, 0.3) is 0 Å². The fraction of sp³-hybridized carbons (Fsp3) is 0.714. The van der Waals surface area contributed by atoms with Gasteiger partial charge in [-0.2, -0.15) is 0 Å². The standard InChI is InChI=1S/C28H41N3O5/c32-23-14-20-6-4-5-9-25(20)36-18-26(34)29-19-28(15-24(23)33)10-12-30(13-11-28)27(35)21-16-31(17-21)22-7-2-1-3-8-22/h4-6,9,21-24,32-33H,1-3,7-8,10-19H2,(H,29,34)/t23-,24+/m0/s1. The molecule has 1 aromatic rings. The molecule has 3 heterocycles. The molecule has 3 fully saturated rings. The molecule has 4 aliphatic rings. The number of para-hydroxylation sites is 1. The molecule has 0 bridgehead atoms. The number of piperidine rings is 1. The Balaban J connectivity index is 1.19. The molecule has 8 heteroatoms. The fourth-order valence-electron chi connectivity index (χ4n) is 6.56. The maximum Gasteiger partial charge on any atom is 0.257 e. The predicted molar refractivity (Wildman–Crippen MR) is 135 cm³/mol. The van der Waals surface area contributed by atoms with Crippen LogP contribution in [0, 0.1) is 11.3 Å². The minimum atomic E-state index is -0.929. The Morgan fingerprint density at radius 2 is 1.75 bits per heavy atom. The molecule has 36 heavy (non-hydrogen) atoms. The molecule has 8 nitrogen and oxygen atoms in total. The number of likely N-dealkylation sites (tertiary alicyclic amines) is 2. The van der Waals surface area contributed by atoms with Crippen molar-refractivity contribution >= 4 is 11.8 Å². The van der Waals surface area contributed by atoms with E-state index in [0.717, 1.165) is 18.7 Å². The molecular formula is C28H41N3O5. The molecule has 1 aliphatic carbocycles. The number of carbonyl (C=O) groups excluding carboxylic acids is 2. The van der Waals surface area contributed by atoms with Crippen molar-refractivity contribution in [2.24, 2.45) is 11.3 Å². The first-order valence-electron chi connectivity index (χ1n) is 13.8. The van der Waals surface area contributed by atoms with E-state index in [1.807, 2.05) is 23.1 Å². The highest BCUT2D eigenvalue weighted by Gasteiger charge is 2.43. The lowest BCUT2D eigenvalue weighted by Gasteiger charge is -2.48. The van der Waals surface area contributed by atoms with Gasteiger partial charge in [-0.25, -0.2) is 0 Å². The lowest BCUT2D eigenvalue weighted by Crippen LogP contribution is -2.59. The number of ether oxygens (including phenoxy) is 1. The first-order valence-corrected chi connectivity index (χ1v) is 13.8. The summed E-state index contributed by atoms with van der Waals surface area (Å²) in [6.45, 7) is 3.33. The monoisotopic (exact) mass is 499 g/mol. The van der Waals surface area contributed by atoms with E-state index in [-0.39, 0.29) is 36.2 Å². The van der Waals surface area contributed by atoms with Crippen LogP contribution in [-0.4, -0.2) is 89.4 Å². The first-order chi connectivity index (χ1) is 17.4. The van der Waals surface area contributed by atoms with Crippen molar-refractivity contribution in [2.75, 3.05) is 39.3 Å². The van der Waals surface area contributed by atoms with E-state index in [1.165, 1.54) is 32.1 Å². The van der Waals surface area contributed by atoms with Gasteiger partial charge in [0.15, 0.2) is 6.61 Å². The second-order valence-electron chi connectivity index (χ2n) is 11.5. The van der Waals surface area contributed by atoms with Gasteiger partial charge >= 0.3 is 0 Å². The van der Waals surface area contributed by atoms with E-state index in [0.29, 0.717) is 50.7 Å².